The second-order valence-corrected chi connectivity index (χ2v) is 9.72. The van der Waals surface area contributed by atoms with Crippen molar-refractivity contribution < 1.29 is 4.74 Å². The normalized spacial score (nSPS) is 14.6. The van der Waals surface area contributed by atoms with Crippen molar-refractivity contribution in [1.29, 1.82) is 0 Å². The number of methoxy groups -OCH3 is 1. The zero-order valence-corrected chi connectivity index (χ0v) is 18.2. The minimum atomic E-state index is -0.154. The van der Waals surface area contributed by atoms with Gasteiger partial charge in [0, 0.05) is 41.2 Å². The molecular weight excluding hydrogens is 382 g/mol. The van der Waals surface area contributed by atoms with Gasteiger partial charge >= 0.3 is 0 Å². The van der Waals surface area contributed by atoms with Crippen molar-refractivity contribution in [2.75, 3.05) is 13.7 Å². The highest BCUT2D eigenvalue weighted by molar-refractivity contribution is 7.15. The molecule has 0 aliphatic carbocycles. The molecule has 152 valence electrons. The number of aromatic nitrogens is 2. The van der Waals surface area contributed by atoms with E-state index in [0.717, 1.165) is 42.3 Å². The Kier molecular flexibility index (Phi) is 5.32. The molecule has 4 rings (SSSR count). The molecule has 3 heterocycles. The van der Waals surface area contributed by atoms with Crippen LogP contribution in [0.5, 0.6) is 5.75 Å². The van der Waals surface area contributed by atoms with Crippen molar-refractivity contribution in [3.05, 3.63) is 68.7 Å². The SMILES string of the molecule is COc1cccc(-c2ccc(CN3CCc4nc(C(C)(C)C)[nH]c(=O)c4C3)s2)c1. The van der Waals surface area contributed by atoms with Gasteiger partial charge in [0.15, 0.2) is 0 Å². The molecule has 0 radical (unpaired) electrons. The number of ether oxygens (including phenoxy) is 1. The summed E-state index contributed by atoms with van der Waals surface area (Å²) >= 11 is 1.79. The summed E-state index contributed by atoms with van der Waals surface area (Å²) in [5.41, 5.74) is 2.79. The monoisotopic (exact) mass is 409 g/mol. The zero-order chi connectivity index (χ0) is 20.6. The van der Waals surface area contributed by atoms with E-state index in [9.17, 15) is 4.79 Å². The number of aromatic amines is 1. The Morgan fingerprint density at radius 1 is 1.24 bits per heavy atom. The van der Waals surface area contributed by atoms with Gasteiger partial charge in [0.2, 0.25) is 0 Å². The molecule has 2 aromatic heterocycles. The van der Waals surface area contributed by atoms with Gasteiger partial charge in [0.05, 0.1) is 18.4 Å². The number of benzene rings is 1. The molecule has 0 fully saturated rings. The first-order valence-electron chi connectivity index (χ1n) is 9.91. The molecule has 0 unspecified atom stereocenters. The lowest BCUT2D eigenvalue weighted by Gasteiger charge is -2.28. The second-order valence-electron chi connectivity index (χ2n) is 8.55. The fourth-order valence-corrected chi connectivity index (χ4v) is 4.63. The van der Waals surface area contributed by atoms with Crippen molar-refractivity contribution in [3.63, 3.8) is 0 Å². The fourth-order valence-electron chi connectivity index (χ4n) is 3.59. The molecule has 1 N–H and O–H groups in total. The van der Waals surface area contributed by atoms with Gasteiger partial charge in [0.25, 0.3) is 5.56 Å². The predicted molar refractivity (Wildman–Crippen MR) is 118 cm³/mol. The summed E-state index contributed by atoms with van der Waals surface area (Å²) in [4.78, 5) is 25.2. The van der Waals surface area contributed by atoms with Crippen molar-refractivity contribution in [2.24, 2.45) is 0 Å². The number of hydrogen-bond acceptors (Lipinski definition) is 5. The lowest BCUT2D eigenvalue weighted by Crippen LogP contribution is -2.36. The molecule has 6 heteroatoms. The Morgan fingerprint density at radius 3 is 2.83 bits per heavy atom. The van der Waals surface area contributed by atoms with Crippen LogP contribution in [0.25, 0.3) is 10.4 Å². The average Bonchev–Trinajstić information content (AvgIpc) is 3.16. The third kappa shape index (κ3) is 4.28. The Hall–Kier alpha value is -2.44. The van der Waals surface area contributed by atoms with E-state index in [1.807, 2.05) is 12.1 Å². The van der Waals surface area contributed by atoms with Crippen LogP contribution < -0.4 is 10.3 Å². The van der Waals surface area contributed by atoms with Crippen LogP contribution in [0.3, 0.4) is 0 Å². The first-order chi connectivity index (χ1) is 13.8. The van der Waals surface area contributed by atoms with E-state index in [4.69, 9.17) is 9.72 Å². The Labute approximate surface area is 175 Å². The van der Waals surface area contributed by atoms with Crippen LogP contribution in [0.1, 0.15) is 42.7 Å². The molecule has 1 aromatic carbocycles. The number of fused-ring (bicyclic) bond motifs is 1. The highest BCUT2D eigenvalue weighted by Gasteiger charge is 2.25. The average molecular weight is 410 g/mol. The predicted octanol–water partition coefficient (Wildman–Crippen LogP) is 4.36. The quantitative estimate of drug-likeness (QED) is 0.695. The Bertz CT molecular complexity index is 1080. The van der Waals surface area contributed by atoms with Crippen molar-refractivity contribution in [3.8, 4) is 16.2 Å². The maximum Gasteiger partial charge on any atom is 0.255 e. The molecule has 3 aromatic rings. The minimum absolute atomic E-state index is 0.00729. The van der Waals surface area contributed by atoms with Crippen molar-refractivity contribution in [1.82, 2.24) is 14.9 Å². The van der Waals surface area contributed by atoms with Crippen LogP contribution in [-0.2, 0) is 24.9 Å². The first kappa shape index (κ1) is 19.9. The van der Waals surface area contributed by atoms with Crippen molar-refractivity contribution >= 4 is 11.3 Å². The van der Waals surface area contributed by atoms with Gasteiger partial charge in [-0.3, -0.25) is 9.69 Å². The molecule has 0 bridgehead atoms. The van der Waals surface area contributed by atoms with E-state index in [1.165, 1.54) is 15.3 Å². The van der Waals surface area contributed by atoms with E-state index in [-0.39, 0.29) is 11.0 Å². The maximum atomic E-state index is 12.6. The molecule has 0 saturated carbocycles. The number of nitrogens with zero attached hydrogens (tertiary/aromatic N) is 2. The third-order valence-electron chi connectivity index (χ3n) is 5.25. The first-order valence-corrected chi connectivity index (χ1v) is 10.7. The van der Waals surface area contributed by atoms with Gasteiger partial charge in [-0.05, 0) is 29.8 Å². The third-order valence-corrected chi connectivity index (χ3v) is 6.37. The number of H-pyrrole nitrogens is 1. The summed E-state index contributed by atoms with van der Waals surface area (Å²) in [6, 6.07) is 12.5. The van der Waals surface area contributed by atoms with Crippen molar-refractivity contribution in [2.45, 2.75) is 45.7 Å². The second kappa shape index (κ2) is 7.76. The van der Waals surface area contributed by atoms with E-state index in [1.54, 1.807) is 18.4 Å². The number of nitrogens with one attached hydrogen (secondary N) is 1. The topological polar surface area (TPSA) is 58.2 Å². The molecule has 0 saturated heterocycles. The van der Waals surface area contributed by atoms with Gasteiger partial charge in [-0.25, -0.2) is 4.98 Å². The molecule has 29 heavy (non-hydrogen) atoms. The summed E-state index contributed by atoms with van der Waals surface area (Å²) in [6.07, 6.45) is 0.816. The summed E-state index contributed by atoms with van der Waals surface area (Å²) in [7, 11) is 1.69. The van der Waals surface area contributed by atoms with Crippen LogP contribution in [-0.4, -0.2) is 28.5 Å². The molecular formula is C23H27N3O2S. The van der Waals surface area contributed by atoms with E-state index in [2.05, 4.69) is 54.9 Å². The highest BCUT2D eigenvalue weighted by atomic mass is 32.1. The summed E-state index contributed by atoms with van der Waals surface area (Å²) in [5.74, 6) is 1.64. The molecule has 1 aliphatic rings. The van der Waals surface area contributed by atoms with Gasteiger partial charge < -0.3 is 9.72 Å². The molecule has 0 spiro atoms. The highest BCUT2D eigenvalue weighted by Crippen LogP contribution is 2.31. The lowest BCUT2D eigenvalue weighted by atomic mass is 9.95. The minimum Gasteiger partial charge on any atom is -0.497 e. The fraction of sp³-hybridized carbons (Fsp3) is 0.391. The number of hydrogen-bond donors (Lipinski definition) is 1. The number of thiophene rings is 1. The largest absolute Gasteiger partial charge is 0.497 e. The molecule has 0 atom stereocenters. The van der Waals surface area contributed by atoms with E-state index < -0.39 is 0 Å². The number of rotatable bonds is 4. The van der Waals surface area contributed by atoms with E-state index in [0.29, 0.717) is 6.54 Å². The maximum absolute atomic E-state index is 12.6. The molecule has 5 nitrogen and oxygen atoms in total. The van der Waals surface area contributed by atoms with Gasteiger partial charge in [0.1, 0.15) is 11.6 Å². The van der Waals surface area contributed by atoms with E-state index >= 15 is 0 Å². The summed E-state index contributed by atoms with van der Waals surface area (Å²) in [6.45, 7) is 8.62. The van der Waals surface area contributed by atoms with Crippen LogP contribution in [0.4, 0.5) is 0 Å². The Morgan fingerprint density at radius 2 is 2.07 bits per heavy atom. The van der Waals surface area contributed by atoms with Crippen LogP contribution in [0.15, 0.2) is 41.2 Å². The van der Waals surface area contributed by atoms with Gasteiger partial charge in [-0.2, -0.15) is 0 Å². The smallest absolute Gasteiger partial charge is 0.255 e. The molecule has 0 amide bonds. The standard InChI is InChI=1S/C23H27N3O2S/c1-23(2,3)22-24-19-10-11-26(14-18(19)21(27)25-22)13-17-8-9-20(29-17)15-6-5-7-16(12-15)28-4/h5-9,12H,10-11,13-14H2,1-4H3,(H,24,25,27). The summed E-state index contributed by atoms with van der Waals surface area (Å²) < 4.78 is 5.34. The zero-order valence-electron chi connectivity index (χ0n) is 17.4. The van der Waals surface area contributed by atoms with Crippen LogP contribution in [0, 0.1) is 0 Å². The van der Waals surface area contributed by atoms with Crippen LogP contribution in [0.2, 0.25) is 0 Å². The summed E-state index contributed by atoms with van der Waals surface area (Å²) in [5, 5.41) is 0. The Balaban J connectivity index is 1.50. The molecule has 1 aliphatic heterocycles. The lowest BCUT2D eigenvalue weighted by molar-refractivity contribution is 0.243. The van der Waals surface area contributed by atoms with Gasteiger partial charge in [-0.1, -0.05) is 32.9 Å². The van der Waals surface area contributed by atoms with Crippen LogP contribution >= 0.6 is 11.3 Å². The van der Waals surface area contributed by atoms with Gasteiger partial charge in [-0.15, -0.1) is 11.3 Å².